The topological polar surface area (TPSA) is 56.8 Å². The largest absolute Gasteiger partial charge is 0.337 e. The predicted octanol–water partition coefficient (Wildman–Crippen LogP) is 2.13. The van der Waals surface area contributed by atoms with Gasteiger partial charge in [0.25, 0.3) is 0 Å². The molecule has 1 aliphatic carbocycles. The molecule has 1 fully saturated rings. The molecular weight excluding hydrogens is 282 g/mol. The van der Waals surface area contributed by atoms with Gasteiger partial charge in [-0.05, 0) is 43.2 Å². The Bertz CT molecular complexity index is 619. The molecule has 0 spiro atoms. The quantitative estimate of drug-likeness (QED) is 0.892. The first-order chi connectivity index (χ1) is 10.3. The summed E-state index contributed by atoms with van der Waals surface area (Å²) in [7, 11) is 0. The summed E-state index contributed by atoms with van der Waals surface area (Å²) >= 11 is 1.88. The Labute approximate surface area is 128 Å². The molecule has 3 heterocycles. The molecule has 1 aliphatic heterocycles. The Kier molecular flexibility index (Phi) is 3.43. The van der Waals surface area contributed by atoms with Crippen molar-refractivity contribution in [3.8, 4) is 0 Å². The van der Waals surface area contributed by atoms with Crippen molar-refractivity contribution in [1.29, 1.82) is 0 Å². The van der Waals surface area contributed by atoms with Crippen molar-refractivity contribution in [3.63, 3.8) is 0 Å². The molecule has 6 heteroatoms. The van der Waals surface area contributed by atoms with Gasteiger partial charge in [0.05, 0.1) is 0 Å². The van der Waals surface area contributed by atoms with Crippen LogP contribution in [0.4, 0.5) is 5.95 Å². The Morgan fingerprint density at radius 1 is 1.43 bits per heavy atom. The first-order valence-electron chi connectivity index (χ1n) is 7.78. The first kappa shape index (κ1) is 13.3. The molecule has 21 heavy (non-hydrogen) atoms. The fourth-order valence-corrected chi connectivity index (χ4v) is 4.43. The maximum atomic E-state index is 4.81. The van der Waals surface area contributed by atoms with Gasteiger partial charge in [-0.1, -0.05) is 0 Å². The van der Waals surface area contributed by atoms with Crippen LogP contribution in [0.15, 0.2) is 11.4 Å². The maximum absolute atomic E-state index is 4.81. The van der Waals surface area contributed by atoms with Gasteiger partial charge in [-0.2, -0.15) is 4.98 Å². The van der Waals surface area contributed by atoms with Crippen molar-refractivity contribution in [2.75, 3.05) is 24.5 Å². The molecule has 4 rings (SSSR count). The third kappa shape index (κ3) is 2.46. The summed E-state index contributed by atoms with van der Waals surface area (Å²) in [6, 6.07) is 2.76. The normalized spacial score (nSPS) is 25.9. The number of aryl methyl sites for hydroxylation is 1. The molecule has 0 aromatic carbocycles. The lowest BCUT2D eigenvalue weighted by Gasteiger charge is -2.30. The van der Waals surface area contributed by atoms with Crippen molar-refractivity contribution in [2.45, 2.75) is 38.1 Å². The standard InChI is InChI=1S/C15H21N5S/c1-10-9-20(7-6-16-10)15-17-14(18-19-15)12-3-2-4-13-11(12)5-8-21-13/h5,8,10,12,16H,2-4,6-7,9H2,1H3,(H,17,18,19)/t10-,12?/m0/s1. The number of nitrogens with one attached hydrogen (secondary N) is 2. The molecule has 2 N–H and O–H groups in total. The lowest BCUT2D eigenvalue weighted by molar-refractivity contribution is 0.479. The molecule has 2 aliphatic rings. The number of rotatable bonds is 2. The van der Waals surface area contributed by atoms with Crippen LogP contribution in [0.1, 0.15) is 41.9 Å². The van der Waals surface area contributed by atoms with Crippen molar-refractivity contribution >= 4 is 17.3 Å². The number of hydrogen-bond acceptors (Lipinski definition) is 5. The highest BCUT2D eigenvalue weighted by atomic mass is 32.1. The van der Waals surface area contributed by atoms with Crippen LogP contribution in [-0.4, -0.2) is 40.9 Å². The van der Waals surface area contributed by atoms with Gasteiger partial charge in [0.2, 0.25) is 5.95 Å². The lowest BCUT2D eigenvalue weighted by atomic mass is 9.87. The van der Waals surface area contributed by atoms with Crippen LogP contribution >= 0.6 is 11.3 Å². The van der Waals surface area contributed by atoms with E-state index < -0.39 is 0 Å². The average Bonchev–Trinajstić information content (AvgIpc) is 3.16. The predicted molar refractivity (Wildman–Crippen MR) is 85.2 cm³/mol. The van der Waals surface area contributed by atoms with Gasteiger partial charge >= 0.3 is 0 Å². The molecule has 1 saturated heterocycles. The summed E-state index contributed by atoms with van der Waals surface area (Å²) in [6.07, 6.45) is 3.65. The van der Waals surface area contributed by atoms with Crippen LogP contribution < -0.4 is 10.2 Å². The molecule has 0 saturated carbocycles. The van der Waals surface area contributed by atoms with E-state index in [9.17, 15) is 0 Å². The average molecular weight is 303 g/mol. The van der Waals surface area contributed by atoms with E-state index >= 15 is 0 Å². The number of aromatic amines is 1. The van der Waals surface area contributed by atoms with E-state index in [1.54, 1.807) is 0 Å². The fraction of sp³-hybridized carbons (Fsp3) is 0.600. The molecule has 2 atom stereocenters. The number of fused-ring (bicyclic) bond motifs is 1. The minimum atomic E-state index is 0.404. The van der Waals surface area contributed by atoms with Gasteiger partial charge in [-0.15, -0.1) is 16.4 Å². The van der Waals surface area contributed by atoms with E-state index in [1.165, 1.54) is 29.7 Å². The number of thiophene rings is 1. The SMILES string of the molecule is C[C@H]1CN(c2n[nH]c(C3CCCc4sccc43)n2)CCN1. The minimum absolute atomic E-state index is 0.404. The van der Waals surface area contributed by atoms with E-state index in [0.29, 0.717) is 12.0 Å². The molecule has 0 radical (unpaired) electrons. The van der Waals surface area contributed by atoms with Crippen molar-refractivity contribution < 1.29 is 0 Å². The van der Waals surface area contributed by atoms with Gasteiger partial charge in [0.1, 0.15) is 5.82 Å². The van der Waals surface area contributed by atoms with Gasteiger partial charge in [-0.25, -0.2) is 0 Å². The van der Waals surface area contributed by atoms with Gasteiger partial charge in [0.15, 0.2) is 0 Å². The van der Waals surface area contributed by atoms with Crippen molar-refractivity contribution in [1.82, 2.24) is 20.5 Å². The Balaban J connectivity index is 1.58. The van der Waals surface area contributed by atoms with Gasteiger partial charge in [-0.3, -0.25) is 5.10 Å². The number of piperazine rings is 1. The number of nitrogens with zero attached hydrogens (tertiary/aromatic N) is 3. The zero-order valence-electron chi connectivity index (χ0n) is 12.3. The zero-order valence-corrected chi connectivity index (χ0v) is 13.1. The van der Waals surface area contributed by atoms with Crippen molar-refractivity contribution in [2.24, 2.45) is 0 Å². The number of H-pyrrole nitrogens is 1. The van der Waals surface area contributed by atoms with Crippen LogP contribution in [0.5, 0.6) is 0 Å². The molecule has 5 nitrogen and oxygen atoms in total. The molecule has 2 aromatic heterocycles. The summed E-state index contributed by atoms with van der Waals surface area (Å²) < 4.78 is 0. The zero-order chi connectivity index (χ0) is 14.2. The van der Waals surface area contributed by atoms with Crippen molar-refractivity contribution in [3.05, 3.63) is 27.7 Å². The maximum Gasteiger partial charge on any atom is 0.244 e. The monoisotopic (exact) mass is 303 g/mol. The third-order valence-corrected chi connectivity index (χ3v) is 5.52. The van der Waals surface area contributed by atoms with E-state index in [0.717, 1.165) is 31.4 Å². The van der Waals surface area contributed by atoms with Crippen LogP contribution in [0.3, 0.4) is 0 Å². The minimum Gasteiger partial charge on any atom is -0.337 e. The fourth-order valence-electron chi connectivity index (χ4n) is 3.45. The molecule has 112 valence electrons. The van der Waals surface area contributed by atoms with Crippen LogP contribution in [-0.2, 0) is 6.42 Å². The van der Waals surface area contributed by atoms with E-state index in [-0.39, 0.29) is 0 Å². The summed E-state index contributed by atoms with van der Waals surface area (Å²) in [5, 5.41) is 13.3. The summed E-state index contributed by atoms with van der Waals surface area (Å²) in [6.45, 7) is 5.17. The van der Waals surface area contributed by atoms with E-state index in [4.69, 9.17) is 4.98 Å². The Morgan fingerprint density at radius 2 is 2.38 bits per heavy atom. The van der Waals surface area contributed by atoms with Crippen LogP contribution in [0, 0.1) is 0 Å². The highest BCUT2D eigenvalue weighted by Gasteiger charge is 2.27. The summed E-state index contributed by atoms with van der Waals surface area (Å²) in [5.41, 5.74) is 1.46. The number of aromatic nitrogens is 3. The van der Waals surface area contributed by atoms with E-state index in [1.807, 2.05) is 11.3 Å². The Morgan fingerprint density at radius 3 is 3.29 bits per heavy atom. The Hall–Kier alpha value is -1.40. The lowest BCUT2D eigenvalue weighted by Crippen LogP contribution is -2.49. The highest BCUT2D eigenvalue weighted by molar-refractivity contribution is 7.10. The van der Waals surface area contributed by atoms with Gasteiger partial charge < -0.3 is 10.2 Å². The molecule has 0 bridgehead atoms. The molecule has 1 unspecified atom stereocenters. The molecular formula is C15H21N5S. The van der Waals surface area contributed by atoms with Crippen LogP contribution in [0.2, 0.25) is 0 Å². The number of hydrogen-bond donors (Lipinski definition) is 2. The molecule has 0 amide bonds. The first-order valence-corrected chi connectivity index (χ1v) is 8.66. The van der Waals surface area contributed by atoms with E-state index in [2.05, 4.69) is 38.8 Å². The van der Waals surface area contributed by atoms with Crippen LogP contribution in [0.25, 0.3) is 0 Å². The second-order valence-corrected chi connectivity index (χ2v) is 7.07. The highest BCUT2D eigenvalue weighted by Crippen LogP contribution is 2.38. The van der Waals surface area contributed by atoms with Gasteiger partial charge in [0, 0.05) is 36.5 Å². The second-order valence-electron chi connectivity index (χ2n) is 6.07. The summed E-state index contributed by atoms with van der Waals surface area (Å²) in [4.78, 5) is 8.61. The summed E-state index contributed by atoms with van der Waals surface area (Å²) in [5.74, 6) is 2.30. The molecule has 2 aromatic rings. The number of anilines is 1. The smallest absolute Gasteiger partial charge is 0.244 e. The third-order valence-electron chi connectivity index (χ3n) is 4.52. The second kappa shape index (κ2) is 5.42.